The first kappa shape index (κ1) is 22.8. The monoisotopic (exact) mass is 496 g/mol. The molecule has 1 aromatic heterocycles. The number of carbonyl (C=O) groups is 1. The number of halogens is 3. The Kier molecular flexibility index (Phi) is 6.55. The molecule has 2 heterocycles. The number of imidazole rings is 1. The molecular formula is C26H23Cl2FN4O. The number of amides is 1. The van der Waals surface area contributed by atoms with Gasteiger partial charge in [-0.1, -0.05) is 35.3 Å². The zero-order valence-electron chi connectivity index (χ0n) is 18.3. The van der Waals surface area contributed by atoms with Crippen molar-refractivity contribution in [2.75, 3.05) is 18.4 Å². The number of hydrogen-bond donors (Lipinski definition) is 1. The number of piperidine rings is 1. The number of fused-ring (bicyclic) bond motifs is 1. The predicted molar refractivity (Wildman–Crippen MR) is 134 cm³/mol. The first-order valence-corrected chi connectivity index (χ1v) is 11.9. The molecule has 1 atom stereocenters. The van der Waals surface area contributed by atoms with Crippen LogP contribution >= 0.6 is 23.2 Å². The molecule has 1 N–H and O–H groups in total. The molecular weight excluding hydrogens is 474 g/mol. The average Bonchev–Trinajstić information content (AvgIpc) is 3.20. The highest BCUT2D eigenvalue weighted by atomic mass is 35.5. The van der Waals surface area contributed by atoms with E-state index in [2.05, 4.69) is 14.8 Å². The summed E-state index contributed by atoms with van der Waals surface area (Å²) in [6.07, 6.45) is 1.73. The Morgan fingerprint density at radius 2 is 1.85 bits per heavy atom. The molecule has 0 spiro atoms. The third kappa shape index (κ3) is 4.80. The Hall–Kier alpha value is -2.93. The van der Waals surface area contributed by atoms with E-state index < -0.39 is 0 Å². The van der Waals surface area contributed by atoms with Crippen LogP contribution in [0.3, 0.4) is 0 Å². The number of likely N-dealkylation sites (tertiary alicyclic amines) is 1. The predicted octanol–water partition coefficient (Wildman–Crippen LogP) is 6.32. The van der Waals surface area contributed by atoms with Crippen molar-refractivity contribution in [2.24, 2.45) is 5.92 Å². The lowest BCUT2D eigenvalue weighted by Crippen LogP contribution is -2.40. The minimum Gasteiger partial charge on any atom is -0.326 e. The molecule has 3 aromatic carbocycles. The SMILES string of the molecule is O=C(Nc1ccc(Cl)c(Cl)c1)[C@H]1CCCN(Cc2nc3ccccc3n2-c2ccc(F)cc2)C1. The number of nitrogens with one attached hydrogen (secondary N) is 1. The lowest BCUT2D eigenvalue weighted by Gasteiger charge is -2.31. The number of aromatic nitrogens is 2. The van der Waals surface area contributed by atoms with Gasteiger partial charge in [0.25, 0.3) is 0 Å². The highest BCUT2D eigenvalue weighted by Gasteiger charge is 2.27. The molecule has 1 saturated heterocycles. The lowest BCUT2D eigenvalue weighted by atomic mass is 9.97. The summed E-state index contributed by atoms with van der Waals surface area (Å²) in [6.45, 7) is 2.09. The molecule has 0 radical (unpaired) electrons. The van der Waals surface area contributed by atoms with Gasteiger partial charge in [-0.25, -0.2) is 9.37 Å². The largest absolute Gasteiger partial charge is 0.326 e. The molecule has 4 aromatic rings. The maximum Gasteiger partial charge on any atom is 0.228 e. The van der Waals surface area contributed by atoms with Gasteiger partial charge in [-0.2, -0.15) is 0 Å². The average molecular weight is 497 g/mol. The Morgan fingerprint density at radius 1 is 1.06 bits per heavy atom. The number of hydrogen-bond acceptors (Lipinski definition) is 3. The zero-order valence-corrected chi connectivity index (χ0v) is 19.9. The maximum absolute atomic E-state index is 13.5. The van der Waals surface area contributed by atoms with Gasteiger partial charge in [0.15, 0.2) is 0 Å². The molecule has 0 bridgehead atoms. The fourth-order valence-corrected chi connectivity index (χ4v) is 4.79. The highest BCUT2D eigenvalue weighted by molar-refractivity contribution is 6.42. The summed E-state index contributed by atoms with van der Waals surface area (Å²) < 4.78 is 15.6. The van der Waals surface area contributed by atoms with Crippen LogP contribution in [0.25, 0.3) is 16.7 Å². The van der Waals surface area contributed by atoms with Crippen molar-refractivity contribution in [1.29, 1.82) is 0 Å². The van der Waals surface area contributed by atoms with Crippen molar-refractivity contribution in [1.82, 2.24) is 14.5 Å². The van der Waals surface area contributed by atoms with Crippen molar-refractivity contribution in [3.8, 4) is 5.69 Å². The molecule has 1 fully saturated rings. The van der Waals surface area contributed by atoms with E-state index in [4.69, 9.17) is 28.2 Å². The Labute approximate surface area is 207 Å². The van der Waals surface area contributed by atoms with Crippen molar-refractivity contribution >= 4 is 45.8 Å². The van der Waals surface area contributed by atoms with E-state index in [1.165, 1.54) is 12.1 Å². The summed E-state index contributed by atoms with van der Waals surface area (Å²) in [6, 6.07) is 19.4. The second-order valence-corrected chi connectivity index (χ2v) is 9.34. The van der Waals surface area contributed by atoms with Gasteiger partial charge < -0.3 is 5.32 Å². The fourth-order valence-electron chi connectivity index (χ4n) is 4.49. The topological polar surface area (TPSA) is 50.2 Å². The summed E-state index contributed by atoms with van der Waals surface area (Å²) in [5, 5.41) is 3.82. The van der Waals surface area contributed by atoms with Crippen molar-refractivity contribution in [2.45, 2.75) is 19.4 Å². The first-order chi connectivity index (χ1) is 16.5. The minimum atomic E-state index is -0.276. The van der Waals surface area contributed by atoms with Crippen LogP contribution in [0.5, 0.6) is 0 Å². The van der Waals surface area contributed by atoms with Crippen LogP contribution in [0.1, 0.15) is 18.7 Å². The third-order valence-corrected chi connectivity index (χ3v) is 6.88. The molecule has 34 heavy (non-hydrogen) atoms. The molecule has 0 aliphatic carbocycles. The molecule has 0 unspecified atom stereocenters. The summed E-state index contributed by atoms with van der Waals surface area (Å²) in [5.41, 5.74) is 3.34. The summed E-state index contributed by atoms with van der Waals surface area (Å²) >= 11 is 12.1. The number of para-hydroxylation sites is 2. The fraction of sp³-hybridized carbons (Fsp3) is 0.231. The molecule has 1 amide bonds. The third-order valence-electron chi connectivity index (χ3n) is 6.14. The summed E-state index contributed by atoms with van der Waals surface area (Å²) in [7, 11) is 0. The first-order valence-electron chi connectivity index (χ1n) is 11.2. The number of anilines is 1. The van der Waals surface area contributed by atoms with E-state index in [0.29, 0.717) is 28.8 Å². The van der Waals surface area contributed by atoms with Crippen LogP contribution in [0, 0.1) is 11.7 Å². The van der Waals surface area contributed by atoms with Crippen LogP contribution in [-0.2, 0) is 11.3 Å². The van der Waals surface area contributed by atoms with Gasteiger partial charge in [0.1, 0.15) is 11.6 Å². The molecule has 5 rings (SSSR count). The standard InChI is InChI=1S/C26H23Cl2FN4O/c27-21-12-9-19(14-22(21)28)30-26(34)17-4-3-13-32(15-17)16-25-31-23-5-1-2-6-24(23)33(25)20-10-7-18(29)8-11-20/h1-2,5-12,14,17H,3-4,13,15-16H2,(H,30,34)/t17-/m0/s1. The van der Waals surface area contributed by atoms with E-state index in [9.17, 15) is 9.18 Å². The van der Waals surface area contributed by atoms with Gasteiger partial charge in [-0.05, 0) is 74.0 Å². The van der Waals surface area contributed by atoms with Gasteiger partial charge in [0.05, 0.1) is 33.5 Å². The van der Waals surface area contributed by atoms with Gasteiger partial charge in [-0.3, -0.25) is 14.3 Å². The molecule has 5 nitrogen and oxygen atoms in total. The second-order valence-electron chi connectivity index (χ2n) is 8.52. The number of rotatable bonds is 5. The van der Waals surface area contributed by atoms with Crippen LogP contribution in [0.4, 0.5) is 10.1 Å². The number of benzene rings is 3. The summed E-state index contributed by atoms with van der Waals surface area (Å²) in [5.74, 6) is 0.405. The van der Waals surface area contributed by atoms with E-state index >= 15 is 0 Å². The van der Waals surface area contributed by atoms with Crippen LogP contribution in [0.2, 0.25) is 10.0 Å². The van der Waals surface area contributed by atoms with Crippen molar-refractivity contribution < 1.29 is 9.18 Å². The second kappa shape index (κ2) is 9.74. The number of nitrogens with zero attached hydrogens (tertiary/aromatic N) is 3. The Bertz CT molecular complexity index is 1340. The van der Waals surface area contributed by atoms with Gasteiger partial charge in [0, 0.05) is 17.9 Å². The lowest BCUT2D eigenvalue weighted by molar-refractivity contribution is -0.121. The van der Waals surface area contributed by atoms with E-state index in [1.807, 2.05) is 24.3 Å². The van der Waals surface area contributed by atoms with Gasteiger partial charge in [-0.15, -0.1) is 0 Å². The molecule has 1 aliphatic heterocycles. The maximum atomic E-state index is 13.5. The van der Waals surface area contributed by atoms with Crippen molar-refractivity contribution in [3.63, 3.8) is 0 Å². The normalized spacial score (nSPS) is 16.6. The van der Waals surface area contributed by atoms with Crippen LogP contribution < -0.4 is 5.32 Å². The quantitative estimate of drug-likeness (QED) is 0.351. The van der Waals surface area contributed by atoms with Crippen LogP contribution in [0.15, 0.2) is 66.7 Å². The van der Waals surface area contributed by atoms with E-state index in [-0.39, 0.29) is 17.6 Å². The molecule has 174 valence electrons. The number of carbonyl (C=O) groups excluding carboxylic acids is 1. The van der Waals surface area contributed by atoms with E-state index in [1.54, 1.807) is 30.3 Å². The Morgan fingerprint density at radius 3 is 2.65 bits per heavy atom. The molecule has 8 heteroatoms. The molecule has 0 saturated carbocycles. The van der Waals surface area contributed by atoms with Gasteiger partial charge >= 0.3 is 0 Å². The summed E-state index contributed by atoms with van der Waals surface area (Å²) in [4.78, 5) is 20.1. The smallest absolute Gasteiger partial charge is 0.228 e. The van der Waals surface area contributed by atoms with Crippen molar-refractivity contribution in [3.05, 3.63) is 88.4 Å². The Balaban J connectivity index is 1.35. The van der Waals surface area contributed by atoms with E-state index in [0.717, 1.165) is 41.9 Å². The highest BCUT2D eigenvalue weighted by Crippen LogP contribution is 2.27. The van der Waals surface area contributed by atoms with Gasteiger partial charge in [0.2, 0.25) is 5.91 Å². The van der Waals surface area contributed by atoms with Crippen LogP contribution in [-0.4, -0.2) is 33.4 Å². The molecule has 1 aliphatic rings. The minimum absolute atomic E-state index is 0.0323. The zero-order chi connectivity index (χ0) is 23.7.